The normalized spacial score (nSPS) is 15.8. The number of thiophene rings is 1. The molecule has 0 spiro atoms. The molecular weight excluding hydrogens is 674 g/mol. The average molecular weight is 713 g/mol. The molecule has 0 saturated heterocycles. The fraction of sp³-hybridized carbons (Fsp3) is 0.325. The van der Waals surface area contributed by atoms with Crippen molar-refractivity contribution in [2.24, 2.45) is 0 Å². The van der Waals surface area contributed by atoms with Crippen LogP contribution in [0.3, 0.4) is 0 Å². The van der Waals surface area contributed by atoms with Gasteiger partial charge in [-0.15, -0.1) is 11.3 Å². The van der Waals surface area contributed by atoms with E-state index in [1.807, 2.05) is 48.6 Å². The van der Waals surface area contributed by atoms with Crippen LogP contribution >= 0.6 is 11.3 Å². The number of methoxy groups -OCH3 is 1. The number of unbranched alkanes of at least 4 members (excludes halogenated alkanes) is 2. The molecule has 51 heavy (non-hydrogen) atoms. The summed E-state index contributed by atoms with van der Waals surface area (Å²) in [6.07, 6.45) is 5.90. The second kappa shape index (κ2) is 17.5. The molecule has 11 heteroatoms. The monoisotopic (exact) mass is 712 g/mol. The van der Waals surface area contributed by atoms with Gasteiger partial charge in [0.15, 0.2) is 11.3 Å². The molecule has 7 nitrogen and oxygen atoms in total. The molecule has 0 N–H and O–H groups in total. The van der Waals surface area contributed by atoms with Gasteiger partial charge in [0.1, 0.15) is 41.9 Å². The van der Waals surface area contributed by atoms with Crippen molar-refractivity contribution < 1.29 is 27.4 Å². The van der Waals surface area contributed by atoms with Gasteiger partial charge >= 0.3 is 6.18 Å². The van der Waals surface area contributed by atoms with E-state index in [-0.39, 0.29) is 0 Å². The Morgan fingerprint density at radius 2 is 1.53 bits per heavy atom. The summed E-state index contributed by atoms with van der Waals surface area (Å²) >= 11 is 1.34. The van der Waals surface area contributed by atoms with Crippen molar-refractivity contribution in [2.45, 2.75) is 64.8 Å². The van der Waals surface area contributed by atoms with Crippen LogP contribution in [0.5, 0.6) is 11.5 Å². The van der Waals surface area contributed by atoms with E-state index in [9.17, 15) is 29.0 Å². The lowest BCUT2D eigenvalue weighted by atomic mass is 9.92. The quantitative estimate of drug-likeness (QED) is 0.145. The van der Waals surface area contributed by atoms with Gasteiger partial charge in [0.2, 0.25) is 5.60 Å². The molecule has 2 heterocycles. The number of halogens is 3. The lowest BCUT2D eigenvalue weighted by Gasteiger charge is -2.28. The van der Waals surface area contributed by atoms with E-state index < -0.39 is 34.3 Å². The molecule has 4 rings (SSSR count). The molecular formula is C40H39F3N4O3S. The Bertz CT molecular complexity index is 1910. The van der Waals surface area contributed by atoms with Crippen molar-refractivity contribution in [3.63, 3.8) is 0 Å². The molecule has 0 bridgehead atoms. The number of hydrogen-bond acceptors (Lipinski definition) is 8. The highest BCUT2D eigenvalue weighted by Gasteiger charge is 2.60. The van der Waals surface area contributed by atoms with Crippen LogP contribution in [0.4, 0.5) is 18.9 Å². The Balaban J connectivity index is 1.64. The van der Waals surface area contributed by atoms with Crippen molar-refractivity contribution in [1.29, 1.82) is 15.8 Å². The first kappa shape index (κ1) is 38.4. The van der Waals surface area contributed by atoms with Crippen molar-refractivity contribution in [3.05, 3.63) is 104 Å². The van der Waals surface area contributed by atoms with Crippen molar-refractivity contribution >= 4 is 35.3 Å². The van der Waals surface area contributed by atoms with Crippen molar-refractivity contribution in [3.8, 4) is 29.7 Å². The van der Waals surface area contributed by atoms with Crippen molar-refractivity contribution in [1.82, 2.24) is 0 Å². The summed E-state index contributed by atoms with van der Waals surface area (Å²) in [7, 11) is 1.62. The van der Waals surface area contributed by atoms with Gasteiger partial charge in [-0.3, -0.25) is 0 Å². The number of nitrogens with zero attached hydrogens (tertiary/aromatic N) is 4. The lowest BCUT2D eigenvalue weighted by Crippen LogP contribution is -2.43. The molecule has 264 valence electrons. The Morgan fingerprint density at radius 1 is 0.902 bits per heavy atom. The van der Waals surface area contributed by atoms with Crippen molar-refractivity contribution in [2.75, 3.05) is 25.1 Å². The first-order chi connectivity index (χ1) is 24.5. The maximum absolute atomic E-state index is 14.2. The zero-order chi connectivity index (χ0) is 37.0. The molecule has 1 aliphatic heterocycles. The number of rotatable bonds is 15. The summed E-state index contributed by atoms with van der Waals surface area (Å²) < 4.78 is 59.4. The number of allylic oxidation sites excluding steroid dienone is 2. The van der Waals surface area contributed by atoms with Crippen LogP contribution < -0.4 is 14.4 Å². The van der Waals surface area contributed by atoms with Gasteiger partial charge in [-0.25, -0.2) is 0 Å². The smallest absolute Gasteiger partial charge is 0.432 e. The minimum atomic E-state index is -4.93. The second-order valence-electron chi connectivity index (χ2n) is 11.9. The summed E-state index contributed by atoms with van der Waals surface area (Å²) in [5.74, 6) is 0.807. The molecule has 1 aliphatic rings. The number of nitriles is 3. The van der Waals surface area contributed by atoms with E-state index >= 15 is 0 Å². The maximum atomic E-state index is 14.2. The SMILES string of the molecule is CCCCN(CCCC)c1ccc(/C=C/c2ccc(/C=C/C3=C(C#N)C(=C(C#N)C#N)OC3(C)C(F)(F)F)s2)c(OCc2ccc(OC)cc2)c1. The highest BCUT2D eigenvalue weighted by molar-refractivity contribution is 7.13. The first-order valence-corrected chi connectivity index (χ1v) is 17.4. The molecule has 3 aromatic rings. The number of hydrogen-bond donors (Lipinski definition) is 0. The van der Waals surface area contributed by atoms with Gasteiger partial charge in [-0.2, -0.15) is 29.0 Å². The average Bonchev–Trinajstić information content (AvgIpc) is 3.71. The summed E-state index contributed by atoms with van der Waals surface area (Å²) in [5, 5.41) is 28.2. The third-order valence-corrected chi connectivity index (χ3v) is 9.40. The molecule has 1 unspecified atom stereocenters. The molecule has 0 amide bonds. The Kier molecular flexibility index (Phi) is 13.1. The van der Waals surface area contributed by atoms with E-state index in [0.717, 1.165) is 85.0 Å². The molecule has 0 aliphatic carbocycles. The van der Waals surface area contributed by atoms with Crippen LogP contribution in [0, 0.1) is 34.0 Å². The van der Waals surface area contributed by atoms with Crippen LogP contribution in [0.25, 0.3) is 18.2 Å². The lowest BCUT2D eigenvalue weighted by molar-refractivity contribution is -0.236. The molecule has 0 radical (unpaired) electrons. The van der Waals surface area contributed by atoms with Gasteiger partial charge in [-0.05, 0) is 80.0 Å². The third kappa shape index (κ3) is 9.22. The minimum absolute atomic E-state index is 0.356. The van der Waals surface area contributed by atoms with E-state index in [1.54, 1.807) is 19.2 Å². The zero-order valence-electron chi connectivity index (χ0n) is 29.0. The van der Waals surface area contributed by atoms with Crippen LogP contribution in [0.15, 0.2) is 83.2 Å². The Labute approximate surface area is 301 Å². The molecule has 1 aromatic heterocycles. The predicted octanol–water partition coefficient (Wildman–Crippen LogP) is 10.4. The molecule has 0 fully saturated rings. The van der Waals surface area contributed by atoms with Crippen LogP contribution in [0.2, 0.25) is 0 Å². The third-order valence-electron chi connectivity index (χ3n) is 8.39. The summed E-state index contributed by atoms with van der Waals surface area (Å²) in [6.45, 7) is 7.39. The Morgan fingerprint density at radius 3 is 2.08 bits per heavy atom. The van der Waals surface area contributed by atoms with Gasteiger partial charge < -0.3 is 19.1 Å². The topological polar surface area (TPSA) is 102 Å². The standard InChI is InChI=1S/C40H39F3N4O3S/c1-5-7-21-47(22-8-6-2)31-13-11-29(37(23-31)49-27-28-9-14-32(48-4)15-10-28)12-16-33-17-18-34(51-33)19-20-36-35(26-46)38(30(24-44)25-45)50-39(36,3)40(41,42)43/h9-20,23H,5-8,21-22,27H2,1-4H3/b16-12+,20-19+. The highest BCUT2D eigenvalue weighted by atomic mass is 32.1. The van der Waals surface area contributed by atoms with Gasteiger partial charge in [-0.1, -0.05) is 44.9 Å². The fourth-order valence-electron chi connectivity index (χ4n) is 5.36. The summed E-state index contributed by atoms with van der Waals surface area (Å²) in [5.41, 5.74) is -1.67. The van der Waals surface area contributed by atoms with E-state index in [2.05, 4.69) is 30.9 Å². The number of alkyl halides is 3. The van der Waals surface area contributed by atoms with Gasteiger partial charge in [0, 0.05) is 45.7 Å². The summed E-state index contributed by atoms with van der Waals surface area (Å²) in [6, 6.07) is 22.2. The van der Waals surface area contributed by atoms with Crippen LogP contribution in [-0.2, 0) is 11.3 Å². The van der Waals surface area contributed by atoms with Gasteiger partial charge in [0.05, 0.1) is 7.11 Å². The first-order valence-electron chi connectivity index (χ1n) is 16.6. The Hall–Kier alpha value is -5.44. The van der Waals surface area contributed by atoms with E-state index in [4.69, 9.17) is 14.2 Å². The predicted molar refractivity (Wildman–Crippen MR) is 195 cm³/mol. The summed E-state index contributed by atoms with van der Waals surface area (Å²) in [4.78, 5) is 3.85. The van der Waals surface area contributed by atoms with Crippen LogP contribution in [-0.4, -0.2) is 32.0 Å². The number of benzene rings is 2. The minimum Gasteiger partial charge on any atom is -0.497 e. The number of ether oxygens (including phenoxy) is 3. The van der Waals surface area contributed by atoms with E-state index in [1.165, 1.54) is 29.6 Å². The van der Waals surface area contributed by atoms with Crippen LogP contribution in [0.1, 0.15) is 67.3 Å². The molecule has 2 aromatic carbocycles. The largest absolute Gasteiger partial charge is 0.497 e. The van der Waals surface area contributed by atoms with E-state index in [0.29, 0.717) is 11.5 Å². The fourth-order valence-corrected chi connectivity index (χ4v) is 6.17. The molecule has 0 saturated carbocycles. The molecule has 1 atom stereocenters. The number of anilines is 1. The van der Waals surface area contributed by atoms with Gasteiger partial charge in [0.25, 0.3) is 0 Å². The second-order valence-corrected chi connectivity index (χ2v) is 13.1. The zero-order valence-corrected chi connectivity index (χ0v) is 29.8. The highest BCUT2D eigenvalue weighted by Crippen LogP contribution is 2.49. The maximum Gasteiger partial charge on any atom is 0.432 e.